The van der Waals surface area contributed by atoms with E-state index in [9.17, 15) is 19.2 Å². The second kappa shape index (κ2) is 28.1. The summed E-state index contributed by atoms with van der Waals surface area (Å²) < 4.78 is 0. The molecule has 9 nitrogen and oxygen atoms in total. The Kier molecular flexibility index (Phi) is 25.3. The van der Waals surface area contributed by atoms with Crippen LogP contribution in [0.3, 0.4) is 0 Å². The summed E-state index contributed by atoms with van der Waals surface area (Å²) in [4.78, 5) is 54.0. The predicted octanol–water partition coefficient (Wildman–Crippen LogP) is 15.0. The predicted molar refractivity (Wildman–Crippen MR) is 352 cm³/mol. The third kappa shape index (κ3) is 19.9. The molecule has 0 spiro atoms. The molecular weight excluding hydrogens is 1050 g/mol. The monoisotopic (exact) mass is 1160 g/mol. The lowest BCUT2D eigenvalue weighted by Gasteiger charge is -2.34. The Labute approximate surface area is 525 Å². The van der Waals surface area contributed by atoms with Gasteiger partial charge in [0.1, 0.15) is 0 Å². The van der Waals surface area contributed by atoms with E-state index in [1.165, 1.54) is 22.3 Å². The van der Waals surface area contributed by atoms with Gasteiger partial charge in [-0.25, -0.2) is 0 Å². The van der Waals surface area contributed by atoms with Crippen molar-refractivity contribution >= 4 is 57.9 Å². The molecule has 4 atom stereocenters. The molecule has 6 aliphatic carbocycles. The SMILES string of the molecule is CC(C)(C)C1=C/C(=C/N[C@H]2CCCC[C@@H]2N/C=C2/C=C(C(C)(C)C)C=C(C(C)(C)C)C2=O)C(=O)C(C(C)(C)C)=C1.CC(C)(C)C1=C/C(=C/N[C@H]2CCCC[C@@H]2N/C=C2/C=C(C(C)(C)C)C=C(C(C)(C)C)C2=O)C(=O)C(C(C)(C)C)=C1.O.[Al].[Al]. The number of hydrogen-bond donors (Lipinski definition) is 4. The number of allylic oxidation sites excluding steroid dienone is 20. The first-order valence-electron chi connectivity index (χ1n) is 30.2. The van der Waals surface area contributed by atoms with Crippen LogP contribution < -0.4 is 21.3 Å². The standard InChI is InChI=1S/2C36H54N2O2.2Al.H2O/c2*1-33(2,3)25-17-23(31(39)27(19-25)35(7,8)9)21-37-29-15-13-14-16-30(29)38-22-24-18-26(34(4,5)6)20-28(32(24)40)36(10,11)12;;;/h2*17-22,29-30,37-38H,13-16H2,1-12H3;;;1H2/b2*23-21-,24-22-;;;/t2*29-,30-;;;/m00.../s1. The molecule has 6 radical (unpaired) electrons. The number of nitrogens with one attached hydrogen (secondary N) is 4. The van der Waals surface area contributed by atoms with Crippen molar-refractivity contribution < 1.29 is 24.7 Å². The zero-order valence-electron chi connectivity index (χ0n) is 56.2. The molecule has 6 rings (SSSR count). The van der Waals surface area contributed by atoms with E-state index >= 15 is 0 Å². The molecular formula is C72H110Al2N4O5. The molecule has 454 valence electrons. The average Bonchev–Trinajstić information content (AvgIpc) is 3.30. The minimum atomic E-state index is -0.228. The van der Waals surface area contributed by atoms with Crippen molar-refractivity contribution in [3.05, 3.63) is 140 Å². The van der Waals surface area contributed by atoms with Crippen LogP contribution >= 0.6 is 0 Å². The first-order chi connectivity index (χ1) is 36.4. The zero-order chi connectivity index (χ0) is 60.5. The quantitative estimate of drug-likeness (QED) is 0.139. The summed E-state index contributed by atoms with van der Waals surface area (Å²) in [6.45, 7) is 51.6. The van der Waals surface area contributed by atoms with Crippen LogP contribution in [0.5, 0.6) is 0 Å². The molecule has 83 heavy (non-hydrogen) atoms. The number of ketones is 4. The van der Waals surface area contributed by atoms with Gasteiger partial charge in [0.2, 0.25) is 0 Å². The van der Waals surface area contributed by atoms with Crippen LogP contribution in [0.1, 0.15) is 218 Å². The first-order valence-corrected chi connectivity index (χ1v) is 30.2. The number of Topliss-reactive ketones (excluding diaryl/α,β-unsaturated/α-hetero) is 4. The van der Waals surface area contributed by atoms with Crippen molar-refractivity contribution in [3.63, 3.8) is 0 Å². The summed E-state index contributed by atoms with van der Waals surface area (Å²) >= 11 is 0. The van der Waals surface area contributed by atoms with Gasteiger partial charge < -0.3 is 26.7 Å². The Morgan fingerprint density at radius 2 is 0.446 bits per heavy atom. The lowest BCUT2D eigenvalue weighted by atomic mass is 9.73. The second-order valence-electron chi connectivity index (χ2n) is 32.0. The van der Waals surface area contributed by atoms with E-state index in [0.29, 0.717) is 0 Å². The Hall–Kier alpha value is -4.22. The van der Waals surface area contributed by atoms with E-state index in [0.717, 1.165) is 96.0 Å². The molecule has 6 aliphatic rings. The zero-order valence-corrected chi connectivity index (χ0v) is 58.5. The van der Waals surface area contributed by atoms with Gasteiger partial charge >= 0.3 is 0 Å². The highest BCUT2D eigenvalue weighted by molar-refractivity contribution is 6.14. The lowest BCUT2D eigenvalue weighted by Crippen LogP contribution is -2.47. The third-order valence-electron chi connectivity index (χ3n) is 16.5. The summed E-state index contributed by atoms with van der Waals surface area (Å²) in [7, 11) is 0. The van der Waals surface area contributed by atoms with Crippen LogP contribution in [0.2, 0.25) is 0 Å². The second-order valence-corrected chi connectivity index (χ2v) is 32.0. The lowest BCUT2D eigenvalue weighted by molar-refractivity contribution is -0.113. The molecule has 6 N–H and O–H groups in total. The van der Waals surface area contributed by atoms with E-state index in [1.807, 2.05) is 24.8 Å². The Bertz CT molecular complexity index is 2430. The van der Waals surface area contributed by atoms with Crippen molar-refractivity contribution in [2.24, 2.45) is 43.3 Å². The minimum Gasteiger partial charge on any atom is -0.412 e. The fourth-order valence-corrected chi connectivity index (χ4v) is 10.8. The van der Waals surface area contributed by atoms with Gasteiger partial charge in [-0.15, -0.1) is 0 Å². The van der Waals surface area contributed by atoms with Crippen molar-refractivity contribution in [1.29, 1.82) is 0 Å². The highest BCUT2D eigenvalue weighted by Crippen LogP contribution is 2.43. The fraction of sp³-hybridized carbons (Fsp3) is 0.611. The Morgan fingerprint density at radius 1 is 0.289 bits per heavy atom. The molecule has 2 fully saturated rings. The molecule has 0 amide bonds. The first kappa shape index (κ1) is 74.9. The highest BCUT2D eigenvalue weighted by atomic mass is 27.0. The molecule has 0 aromatic rings. The summed E-state index contributed by atoms with van der Waals surface area (Å²) in [5, 5.41) is 14.5. The maximum Gasteiger partial charge on any atom is 0.191 e. The largest absolute Gasteiger partial charge is 0.412 e. The molecule has 0 unspecified atom stereocenters. The third-order valence-corrected chi connectivity index (χ3v) is 16.5. The summed E-state index contributed by atoms with van der Waals surface area (Å²) in [6.07, 6.45) is 33.0. The topological polar surface area (TPSA) is 148 Å². The van der Waals surface area contributed by atoms with Gasteiger partial charge in [0, 0.05) is 128 Å². The van der Waals surface area contributed by atoms with Gasteiger partial charge in [-0.1, -0.05) is 216 Å². The maximum atomic E-state index is 13.5. The summed E-state index contributed by atoms with van der Waals surface area (Å²) in [5.41, 5.74) is 9.90. The maximum absolute atomic E-state index is 13.5. The van der Waals surface area contributed by atoms with Gasteiger partial charge in [0.25, 0.3) is 0 Å². The minimum absolute atomic E-state index is 0. The molecule has 2 saturated carbocycles. The van der Waals surface area contributed by atoms with Crippen molar-refractivity contribution in [3.8, 4) is 0 Å². The van der Waals surface area contributed by atoms with Gasteiger partial charge in [-0.2, -0.15) is 0 Å². The molecule has 11 heteroatoms. The molecule has 0 aromatic carbocycles. The van der Waals surface area contributed by atoms with Crippen LogP contribution in [-0.4, -0.2) is 87.5 Å². The number of carbonyl (C=O) groups excluding carboxylic acids is 4. The Morgan fingerprint density at radius 3 is 0.578 bits per heavy atom. The van der Waals surface area contributed by atoms with Crippen molar-refractivity contribution in [2.45, 2.75) is 242 Å². The summed E-state index contributed by atoms with van der Waals surface area (Å²) in [5.74, 6) is 0.406. The van der Waals surface area contributed by atoms with E-state index in [4.69, 9.17) is 0 Å². The van der Waals surface area contributed by atoms with Crippen LogP contribution in [-0.2, 0) is 19.2 Å². The molecule has 0 aliphatic heterocycles. The van der Waals surface area contributed by atoms with Crippen LogP contribution in [0.25, 0.3) is 0 Å². The summed E-state index contributed by atoms with van der Waals surface area (Å²) in [6, 6.07) is 0.681. The molecule has 0 saturated heterocycles. The highest BCUT2D eigenvalue weighted by Gasteiger charge is 2.37. The number of rotatable bonds is 8. The van der Waals surface area contributed by atoms with Gasteiger partial charge in [0.15, 0.2) is 23.1 Å². The van der Waals surface area contributed by atoms with Gasteiger partial charge in [-0.05, 0) is 116 Å². The van der Waals surface area contributed by atoms with Crippen LogP contribution in [0.4, 0.5) is 0 Å². The van der Waals surface area contributed by atoms with Gasteiger partial charge in [0.05, 0.1) is 0 Å². The smallest absolute Gasteiger partial charge is 0.191 e. The van der Waals surface area contributed by atoms with Crippen LogP contribution in [0, 0.1) is 43.3 Å². The molecule has 0 heterocycles. The number of hydrogen-bond acceptors (Lipinski definition) is 8. The normalized spacial score (nSPS) is 24.5. The van der Waals surface area contributed by atoms with E-state index in [1.54, 1.807) is 0 Å². The Balaban J connectivity index is 0.000000547. The van der Waals surface area contributed by atoms with E-state index in [-0.39, 0.29) is 131 Å². The number of carbonyl (C=O) groups is 4. The molecule has 0 aromatic heterocycles. The fourth-order valence-electron chi connectivity index (χ4n) is 10.8. The van der Waals surface area contributed by atoms with E-state index in [2.05, 4.69) is 236 Å². The molecule has 0 bridgehead atoms. The van der Waals surface area contributed by atoms with Crippen molar-refractivity contribution in [1.82, 2.24) is 21.3 Å². The van der Waals surface area contributed by atoms with Crippen molar-refractivity contribution in [2.75, 3.05) is 0 Å². The van der Waals surface area contributed by atoms with Crippen LogP contribution in [0.15, 0.2) is 140 Å². The van der Waals surface area contributed by atoms with Gasteiger partial charge in [-0.3, -0.25) is 19.2 Å². The van der Waals surface area contributed by atoms with E-state index < -0.39 is 0 Å². The average molecular weight is 1170 g/mol.